The Morgan fingerprint density at radius 2 is 2.16 bits per heavy atom. The molecule has 1 aromatic rings. The third-order valence-electron chi connectivity index (χ3n) is 3.72. The predicted molar refractivity (Wildman–Crippen MR) is 77.5 cm³/mol. The van der Waals surface area contributed by atoms with Gasteiger partial charge in [0.15, 0.2) is 0 Å². The Kier molecular flexibility index (Phi) is 5.22. The number of thioether (sulfide) groups is 1. The largest absolute Gasteiger partial charge is 0.306 e. The molecule has 1 aromatic carbocycles. The SMILES string of the molecule is CCSC1CCCC1NC(C)c1cc(F)ccc1F. The van der Waals surface area contributed by atoms with Crippen LogP contribution in [-0.2, 0) is 0 Å². The first-order valence-electron chi connectivity index (χ1n) is 6.94. The van der Waals surface area contributed by atoms with E-state index in [1.807, 2.05) is 18.7 Å². The Hall–Kier alpha value is -0.610. The molecule has 0 saturated heterocycles. The van der Waals surface area contributed by atoms with Gasteiger partial charge in [-0.3, -0.25) is 0 Å². The molecule has 1 N–H and O–H groups in total. The van der Waals surface area contributed by atoms with Crippen LogP contribution in [0.15, 0.2) is 18.2 Å². The summed E-state index contributed by atoms with van der Waals surface area (Å²) in [5.74, 6) is 0.390. The molecule has 106 valence electrons. The third-order valence-corrected chi connectivity index (χ3v) is 5.05. The summed E-state index contributed by atoms with van der Waals surface area (Å²) in [6, 6.07) is 3.91. The van der Waals surface area contributed by atoms with Crippen LogP contribution < -0.4 is 5.32 Å². The fourth-order valence-electron chi connectivity index (χ4n) is 2.79. The molecule has 4 heteroatoms. The van der Waals surface area contributed by atoms with E-state index < -0.39 is 0 Å². The van der Waals surface area contributed by atoms with Crippen molar-refractivity contribution >= 4 is 11.8 Å². The summed E-state index contributed by atoms with van der Waals surface area (Å²) in [5, 5.41) is 4.07. The standard InChI is InChI=1S/C15H21F2NS/c1-3-19-15-6-4-5-14(15)18-10(2)12-9-11(16)7-8-13(12)17/h7-10,14-15,18H,3-6H2,1-2H3. The molecule has 1 aliphatic carbocycles. The summed E-state index contributed by atoms with van der Waals surface area (Å²) in [4.78, 5) is 0. The number of rotatable bonds is 5. The van der Waals surface area contributed by atoms with Gasteiger partial charge in [-0.15, -0.1) is 0 Å². The van der Waals surface area contributed by atoms with Crippen LogP contribution in [0.4, 0.5) is 8.78 Å². The van der Waals surface area contributed by atoms with Crippen LogP contribution >= 0.6 is 11.8 Å². The quantitative estimate of drug-likeness (QED) is 0.866. The maximum Gasteiger partial charge on any atom is 0.128 e. The summed E-state index contributed by atoms with van der Waals surface area (Å²) in [6.07, 6.45) is 3.56. The number of hydrogen-bond acceptors (Lipinski definition) is 2. The zero-order chi connectivity index (χ0) is 13.8. The molecule has 1 saturated carbocycles. The Labute approximate surface area is 118 Å². The molecule has 0 amide bonds. The molecule has 1 aliphatic rings. The lowest BCUT2D eigenvalue weighted by Crippen LogP contribution is -2.36. The molecule has 1 nitrogen and oxygen atoms in total. The summed E-state index contributed by atoms with van der Waals surface area (Å²) >= 11 is 1.96. The molecule has 3 atom stereocenters. The third kappa shape index (κ3) is 3.69. The molecule has 2 rings (SSSR count). The zero-order valence-corrected chi connectivity index (χ0v) is 12.3. The van der Waals surface area contributed by atoms with E-state index in [2.05, 4.69) is 12.2 Å². The van der Waals surface area contributed by atoms with Gasteiger partial charge in [0.1, 0.15) is 11.6 Å². The van der Waals surface area contributed by atoms with E-state index >= 15 is 0 Å². The van der Waals surface area contributed by atoms with Gasteiger partial charge >= 0.3 is 0 Å². The van der Waals surface area contributed by atoms with Gasteiger partial charge in [-0.05, 0) is 43.7 Å². The van der Waals surface area contributed by atoms with E-state index in [-0.39, 0.29) is 17.7 Å². The molecule has 0 radical (unpaired) electrons. The molecule has 1 fully saturated rings. The zero-order valence-electron chi connectivity index (χ0n) is 11.5. The minimum absolute atomic E-state index is 0.154. The van der Waals surface area contributed by atoms with E-state index in [0.717, 1.165) is 18.2 Å². The van der Waals surface area contributed by atoms with Crippen molar-refractivity contribution in [1.82, 2.24) is 5.32 Å². The molecule has 0 aromatic heterocycles. The Balaban J connectivity index is 2.03. The van der Waals surface area contributed by atoms with Crippen LogP contribution in [0.3, 0.4) is 0 Å². The monoisotopic (exact) mass is 285 g/mol. The van der Waals surface area contributed by atoms with Gasteiger partial charge in [0.2, 0.25) is 0 Å². The fourth-order valence-corrected chi connectivity index (χ4v) is 4.00. The van der Waals surface area contributed by atoms with Gasteiger partial charge in [-0.25, -0.2) is 8.78 Å². The molecule has 0 heterocycles. The van der Waals surface area contributed by atoms with Crippen LogP contribution in [0.1, 0.15) is 44.7 Å². The van der Waals surface area contributed by atoms with Crippen molar-refractivity contribution in [2.24, 2.45) is 0 Å². The molecule has 0 aliphatic heterocycles. The second-order valence-corrected chi connectivity index (χ2v) is 6.60. The van der Waals surface area contributed by atoms with Gasteiger partial charge in [0, 0.05) is 22.9 Å². The average molecular weight is 285 g/mol. The second-order valence-electron chi connectivity index (χ2n) is 5.09. The van der Waals surface area contributed by atoms with Gasteiger partial charge in [-0.1, -0.05) is 13.3 Å². The molecule has 0 bridgehead atoms. The van der Waals surface area contributed by atoms with Crippen molar-refractivity contribution in [2.45, 2.75) is 50.4 Å². The molecule has 19 heavy (non-hydrogen) atoms. The summed E-state index contributed by atoms with van der Waals surface area (Å²) in [7, 11) is 0. The van der Waals surface area contributed by atoms with Crippen molar-refractivity contribution in [1.29, 1.82) is 0 Å². The normalized spacial score (nSPS) is 24.6. The van der Waals surface area contributed by atoms with Crippen LogP contribution in [0.25, 0.3) is 0 Å². The Morgan fingerprint density at radius 3 is 2.89 bits per heavy atom. The highest BCUT2D eigenvalue weighted by molar-refractivity contribution is 7.99. The first-order chi connectivity index (χ1) is 9.11. The highest BCUT2D eigenvalue weighted by Crippen LogP contribution is 2.31. The Bertz CT molecular complexity index is 425. The minimum atomic E-state index is -0.379. The van der Waals surface area contributed by atoms with Crippen molar-refractivity contribution in [2.75, 3.05) is 5.75 Å². The summed E-state index contributed by atoms with van der Waals surface area (Å²) in [5.41, 5.74) is 0.423. The van der Waals surface area contributed by atoms with Crippen LogP contribution in [0, 0.1) is 11.6 Å². The lowest BCUT2D eigenvalue weighted by atomic mass is 10.1. The van der Waals surface area contributed by atoms with Crippen LogP contribution in [0.5, 0.6) is 0 Å². The number of benzene rings is 1. The topological polar surface area (TPSA) is 12.0 Å². The second kappa shape index (κ2) is 6.71. The van der Waals surface area contributed by atoms with Crippen molar-refractivity contribution < 1.29 is 8.78 Å². The highest BCUT2D eigenvalue weighted by Gasteiger charge is 2.28. The van der Waals surface area contributed by atoms with Crippen molar-refractivity contribution in [3.05, 3.63) is 35.4 Å². The van der Waals surface area contributed by atoms with E-state index in [1.54, 1.807) is 0 Å². The number of nitrogens with one attached hydrogen (secondary N) is 1. The Morgan fingerprint density at radius 1 is 1.37 bits per heavy atom. The summed E-state index contributed by atoms with van der Waals surface area (Å²) in [6.45, 7) is 4.07. The van der Waals surface area contributed by atoms with Gasteiger partial charge in [0.05, 0.1) is 0 Å². The minimum Gasteiger partial charge on any atom is -0.306 e. The maximum absolute atomic E-state index is 13.7. The number of hydrogen-bond donors (Lipinski definition) is 1. The molecule has 3 unspecified atom stereocenters. The average Bonchev–Trinajstić information content (AvgIpc) is 2.80. The lowest BCUT2D eigenvalue weighted by Gasteiger charge is -2.25. The molecule has 0 spiro atoms. The van der Waals surface area contributed by atoms with Crippen molar-refractivity contribution in [3.8, 4) is 0 Å². The van der Waals surface area contributed by atoms with Gasteiger partial charge in [0.25, 0.3) is 0 Å². The van der Waals surface area contributed by atoms with E-state index in [0.29, 0.717) is 16.9 Å². The van der Waals surface area contributed by atoms with E-state index in [4.69, 9.17) is 0 Å². The smallest absolute Gasteiger partial charge is 0.128 e. The lowest BCUT2D eigenvalue weighted by molar-refractivity contribution is 0.449. The van der Waals surface area contributed by atoms with E-state index in [9.17, 15) is 8.78 Å². The first-order valence-corrected chi connectivity index (χ1v) is 7.99. The van der Waals surface area contributed by atoms with Crippen LogP contribution in [0.2, 0.25) is 0 Å². The fraction of sp³-hybridized carbons (Fsp3) is 0.600. The first kappa shape index (κ1) is 14.8. The highest BCUT2D eigenvalue weighted by atomic mass is 32.2. The van der Waals surface area contributed by atoms with E-state index in [1.165, 1.54) is 25.0 Å². The molecular formula is C15H21F2NS. The number of halogens is 2. The molecular weight excluding hydrogens is 264 g/mol. The van der Waals surface area contributed by atoms with Gasteiger partial charge < -0.3 is 5.32 Å². The predicted octanol–water partition coefficient (Wildman–Crippen LogP) is 4.29. The summed E-state index contributed by atoms with van der Waals surface area (Å²) < 4.78 is 26.9. The maximum atomic E-state index is 13.7. The van der Waals surface area contributed by atoms with Crippen molar-refractivity contribution in [3.63, 3.8) is 0 Å². The van der Waals surface area contributed by atoms with Crippen LogP contribution in [-0.4, -0.2) is 17.0 Å². The van der Waals surface area contributed by atoms with Gasteiger partial charge in [-0.2, -0.15) is 11.8 Å².